The quantitative estimate of drug-likeness (QED) is 0.202. The Labute approximate surface area is 194 Å². The predicted molar refractivity (Wildman–Crippen MR) is 124 cm³/mol. The van der Waals surface area contributed by atoms with Gasteiger partial charge in [-0.15, -0.1) is 24.0 Å². The van der Waals surface area contributed by atoms with E-state index in [1.807, 2.05) is 19.1 Å². The van der Waals surface area contributed by atoms with Crippen LogP contribution in [0.15, 0.2) is 23.2 Å². The van der Waals surface area contributed by atoms with Gasteiger partial charge in [0, 0.05) is 44.8 Å². The molecule has 0 bridgehead atoms. The Bertz CT molecular complexity index is 752. The fraction of sp³-hybridized carbons (Fsp3) is 0.550. The zero-order valence-electron chi connectivity index (χ0n) is 17.4. The lowest BCUT2D eigenvalue weighted by Crippen LogP contribution is -2.43. The van der Waals surface area contributed by atoms with Crippen molar-refractivity contribution in [2.75, 3.05) is 46.5 Å². The predicted octanol–water partition coefficient (Wildman–Crippen LogP) is 1.25. The van der Waals surface area contributed by atoms with Crippen molar-refractivity contribution in [1.82, 2.24) is 20.9 Å². The van der Waals surface area contributed by atoms with Crippen LogP contribution in [-0.2, 0) is 16.1 Å². The van der Waals surface area contributed by atoms with E-state index < -0.39 is 0 Å². The summed E-state index contributed by atoms with van der Waals surface area (Å²) in [5.41, 5.74) is 2.18. The molecular weight excluding hydrogens is 501 g/mol. The molecule has 0 saturated carbocycles. The zero-order chi connectivity index (χ0) is 20.6. The molecule has 10 heteroatoms. The first-order chi connectivity index (χ1) is 14.1. The minimum Gasteiger partial charge on any atom is -0.493 e. The highest BCUT2D eigenvalue weighted by Gasteiger charge is 2.27. The molecule has 30 heavy (non-hydrogen) atoms. The first-order valence-electron chi connectivity index (χ1n) is 9.89. The molecule has 1 aromatic rings. The van der Waals surface area contributed by atoms with Crippen molar-refractivity contribution in [2.24, 2.45) is 10.9 Å². The number of ether oxygens (including phenoxy) is 2. The van der Waals surface area contributed by atoms with Crippen LogP contribution < -0.4 is 20.7 Å². The van der Waals surface area contributed by atoms with Crippen LogP contribution in [0.4, 0.5) is 4.79 Å². The molecule has 0 radical (unpaired) electrons. The molecule has 1 aromatic carbocycles. The van der Waals surface area contributed by atoms with Gasteiger partial charge in [-0.25, -0.2) is 4.79 Å². The van der Waals surface area contributed by atoms with Gasteiger partial charge >= 0.3 is 6.03 Å². The second-order valence-corrected chi connectivity index (χ2v) is 7.21. The maximum atomic E-state index is 11.6. The molecular formula is C20H30IN5O4. The van der Waals surface area contributed by atoms with Crippen molar-refractivity contribution in [2.45, 2.75) is 19.9 Å². The van der Waals surface area contributed by atoms with Crippen molar-refractivity contribution in [1.29, 1.82) is 0 Å². The second kappa shape index (κ2) is 11.9. The van der Waals surface area contributed by atoms with Crippen molar-refractivity contribution >= 4 is 41.9 Å². The Kier molecular flexibility index (Phi) is 9.63. The summed E-state index contributed by atoms with van der Waals surface area (Å²) < 4.78 is 11.5. The van der Waals surface area contributed by atoms with Gasteiger partial charge in [-0.1, -0.05) is 12.1 Å². The van der Waals surface area contributed by atoms with Gasteiger partial charge in [-0.05, 0) is 25.0 Å². The molecule has 2 saturated heterocycles. The number of amides is 3. The Morgan fingerprint density at radius 2 is 2.20 bits per heavy atom. The van der Waals surface area contributed by atoms with Crippen molar-refractivity contribution in [3.63, 3.8) is 0 Å². The standard InChI is InChI=1S/C20H29N5O4.HI/c1-14-3-4-16(17(9-14)29-13-15-5-8-28-12-15)10-23-19(21-2)22-6-7-25-18(26)11-24-20(25)27;/h3-4,9,15H,5-8,10-13H2,1-2H3,(H,24,27)(H2,21,22,23);1H. The number of urea groups is 1. The summed E-state index contributed by atoms with van der Waals surface area (Å²) in [5, 5.41) is 8.88. The van der Waals surface area contributed by atoms with E-state index in [0.717, 1.165) is 36.5 Å². The first kappa shape index (κ1) is 24.2. The zero-order valence-corrected chi connectivity index (χ0v) is 19.7. The van der Waals surface area contributed by atoms with Crippen LogP contribution in [0.3, 0.4) is 0 Å². The topological polar surface area (TPSA) is 104 Å². The highest BCUT2D eigenvalue weighted by atomic mass is 127. The number of benzene rings is 1. The van der Waals surface area contributed by atoms with Crippen molar-refractivity contribution in [3.05, 3.63) is 29.3 Å². The van der Waals surface area contributed by atoms with Gasteiger partial charge in [-0.2, -0.15) is 0 Å². The molecule has 3 rings (SSSR count). The van der Waals surface area contributed by atoms with Crippen LogP contribution in [0, 0.1) is 12.8 Å². The van der Waals surface area contributed by atoms with Crippen LogP contribution >= 0.6 is 24.0 Å². The molecule has 2 aliphatic heterocycles. The third kappa shape index (κ3) is 6.73. The fourth-order valence-corrected chi connectivity index (χ4v) is 3.23. The molecule has 2 heterocycles. The van der Waals surface area contributed by atoms with Gasteiger partial charge in [0.05, 0.1) is 19.8 Å². The van der Waals surface area contributed by atoms with Crippen LogP contribution in [0.1, 0.15) is 17.5 Å². The van der Waals surface area contributed by atoms with Gasteiger partial charge in [0.15, 0.2) is 5.96 Å². The first-order valence-corrected chi connectivity index (χ1v) is 9.89. The highest BCUT2D eigenvalue weighted by molar-refractivity contribution is 14.0. The Morgan fingerprint density at radius 1 is 1.37 bits per heavy atom. The van der Waals surface area contributed by atoms with E-state index in [-0.39, 0.29) is 49.0 Å². The minimum atomic E-state index is -0.353. The lowest BCUT2D eigenvalue weighted by Gasteiger charge is -2.18. The number of carbonyl (C=O) groups is 2. The molecule has 3 N–H and O–H groups in total. The summed E-state index contributed by atoms with van der Waals surface area (Å²) in [6.45, 7) is 5.56. The van der Waals surface area contributed by atoms with Crippen LogP contribution in [0.2, 0.25) is 0 Å². The number of nitrogens with zero attached hydrogens (tertiary/aromatic N) is 2. The van der Waals surface area contributed by atoms with Crippen molar-refractivity contribution < 1.29 is 19.1 Å². The Morgan fingerprint density at radius 3 is 2.87 bits per heavy atom. The maximum Gasteiger partial charge on any atom is 0.324 e. The van der Waals surface area contributed by atoms with Gasteiger partial charge in [-0.3, -0.25) is 14.7 Å². The number of halogens is 1. The Hall–Kier alpha value is -2.08. The van der Waals surface area contributed by atoms with Gasteiger partial charge in [0.2, 0.25) is 5.91 Å². The smallest absolute Gasteiger partial charge is 0.324 e. The van der Waals surface area contributed by atoms with E-state index >= 15 is 0 Å². The van der Waals surface area contributed by atoms with Gasteiger partial charge < -0.3 is 25.4 Å². The number of carbonyl (C=O) groups excluding carboxylic acids is 2. The third-order valence-corrected chi connectivity index (χ3v) is 4.96. The van der Waals surface area contributed by atoms with Gasteiger partial charge in [0.1, 0.15) is 5.75 Å². The maximum absolute atomic E-state index is 11.6. The van der Waals surface area contributed by atoms with Crippen molar-refractivity contribution in [3.8, 4) is 5.75 Å². The molecule has 2 aliphatic rings. The normalized spacial score (nSPS) is 18.8. The number of aryl methyl sites for hydroxylation is 1. The van der Waals surface area contributed by atoms with E-state index in [1.165, 1.54) is 4.90 Å². The molecule has 1 atom stereocenters. The summed E-state index contributed by atoms with van der Waals surface area (Å²) in [6.07, 6.45) is 1.04. The van der Waals surface area contributed by atoms with Gasteiger partial charge in [0.25, 0.3) is 0 Å². The molecule has 9 nitrogen and oxygen atoms in total. The third-order valence-electron chi connectivity index (χ3n) is 4.96. The van der Waals surface area contributed by atoms with E-state index in [1.54, 1.807) is 7.05 Å². The fourth-order valence-electron chi connectivity index (χ4n) is 3.23. The summed E-state index contributed by atoms with van der Waals surface area (Å²) in [6, 6.07) is 5.79. The van der Waals surface area contributed by atoms with Crippen LogP contribution in [0.25, 0.3) is 0 Å². The molecule has 0 aliphatic carbocycles. The number of guanidine groups is 1. The van der Waals surface area contributed by atoms with E-state index in [2.05, 4.69) is 27.0 Å². The highest BCUT2D eigenvalue weighted by Crippen LogP contribution is 2.22. The number of rotatable bonds is 8. The largest absolute Gasteiger partial charge is 0.493 e. The molecule has 3 amide bonds. The second-order valence-electron chi connectivity index (χ2n) is 7.21. The number of imide groups is 1. The van der Waals surface area contributed by atoms with E-state index in [0.29, 0.717) is 31.6 Å². The summed E-state index contributed by atoms with van der Waals surface area (Å²) in [5.74, 6) is 1.68. The summed E-state index contributed by atoms with van der Waals surface area (Å²) >= 11 is 0. The van der Waals surface area contributed by atoms with Crippen LogP contribution in [0.5, 0.6) is 5.75 Å². The average Bonchev–Trinajstić information content (AvgIpc) is 3.34. The average molecular weight is 531 g/mol. The minimum absolute atomic E-state index is 0. The lowest BCUT2D eigenvalue weighted by atomic mass is 10.1. The number of nitrogens with one attached hydrogen (secondary N) is 3. The molecule has 0 aromatic heterocycles. The number of hydrogen-bond donors (Lipinski definition) is 3. The lowest BCUT2D eigenvalue weighted by molar-refractivity contribution is -0.124. The number of aliphatic imine (C=N–C) groups is 1. The summed E-state index contributed by atoms with van der Waals surface area (Å²) in [4.78, 5) is 28.6. The number of hydrogen-bond acceptors (Lipinski definition) is 5. The molecule has 0 spiro atoms. The van der Waals surface area contributed by atoms with E-state index in [9.17, 15) is 9.59 Å². The molecule has 166 valence electrons. The van der Waals surface area contributed by atoms with E-state index in [4.69, 9.17) is 9.47 Å². The molecule has 2 fully saturated rings. The SMILES string of the molecule is CN=C(NCCN1C(=O)CNC1=O)NCc1ccc(C)cc1OCC1CCOC1.I. The monoisotopic (exact) mass is 531 g/mol. The molecule has 1 unspecified atom stereocenters. The Balaban J connectivity index is 0.00000320. The summed E-state index contributed by atoms with van der Waals surface area (Å²) in [7, 11) is 1.68. The van der Waals surface area contributed by atoms with Crippen LogP contribution in [-0.4, -0.2) is 69.3 Å².